The van der Waals surface area contributed by atoms with Crippen molar-refractivity contribution in [2.75, 3.05) is 21.3 Å². The van der Waals surface area contributed by atoms with Gasteiger partial charge in [0.25, 0.3) is 0 Å². The van der Waals surface area contributed by atoms with Crippen LogP contribution in [0.1, 0.15) is 33.7 Å². The summed E-state index contributed by atoms with van der Waals surface area (Å²) < 4.78 is 15.7. The van der Waals surface area contributed by atoms with Gasteiger partial charge in [-0.15, -0.1) is 0 Å². The summed E-state index contributed by atoms with van der Waals surface area (Å²) >= 11 is 0. The number of aromatic nitrogens is 1. The van der Waals surface area contributed by atoms with Crippen molar-refractivity contribution in [3.05, 3.63) is 65.9 Å². The Morgan fingerprint density at radius 2 is 1.48 bits per heavy atom. The third kappa shape index (κ3) is 5.19. The molecule has 0 spiro atoms. The number of Topliss-reactive ketones (excluding diaryl/α,β-unsaturated/α-hetero) is 2. The van der Waals surface area contributed by atoms with E-state index >= 15 is 0 Å². The summed E-state index contributed by atoms with van der Waals surface area (Å²) in [7, 11) is 4.52. The van der Waals surface area contributed by atoms with Gasteiger partial charge in [0.05, 0.1) is 27.0 Å². The molecular formula is C24H23NO6. The summed E-state index contributed by atoms with van der Waals surface area (Å²) in [6, 6.07) is 14.6. The molecule has 0 fully saturated rings. The van der Waals surface area contributed by atoms with E-state index in [2.05, 4.69) is 4.98 Å². The molecule has 0 atom stereocenters. The normalized spacial score (nSPS) is 10.4. The van der Waals surface area contributed by atoms with E-state index in [1.54, 1.807) is 54.6 Å². The SMILES string of the molecule is COc1cc(C(=O)CCC(=O)c2ccc(OC)c(OC)c2)nc(-c2ccc(O)cc2)c1. The summed E-state index contributed by atoms with van der Waals surface area (Å²) in [5, 5.41) is 9.48. The second-order valence-corrected chi connectivity index (χ2v) is 6.74. The van der Waals surface area contributed by atoms with Gasteiger partial charge in [0.1, 0.15) is 17.2 Å². The number of aromatic hydroxyl groups is 1. The Bertz CT molecular complexity index is 1090. The molecule has 3 aromatic rings. The average Bonchev–Trinajstić information content (AvgIpc) is 2.81. The number of ketones is 2. The molecular weight excluding hydrogens is 398 g/mol. The van der Waals surface area contributed by atoms with Crippen molar-refractivity contribution >= 4 is 11.6 Å². The Balaban J connectivity index is 1.76. The Morgan fingerprint density at radius 3 is 2.13 bits per heavy atom. The smallest absolute Gasteiger partial charge is 0.181 e. The van der Waals surface area contributed by atoms with E-state index in [0.29, 0.717) is 28.5 Å². The maximum Gasteiger partial charge on any atom is 0.181 e. The van der Waals surface area contributed by atoms with Gasteiger partial charge in [0.15, 0.2) is 23.1 Å². The van der Waals surface area contributed by atoms with E-state index in [0.717, 1.165) is 5.56 Å². The molecule has 0 unspecified atom stereocenters. The monoisotopic (exact) mass is 421 g/mol. The number of benzene rings is 2. The van der Waals surface area contributed by atoms with E-state index in [-0.39, 0.29) is 35.9 Å². The lowest BCUT2D eigenvalue weighted by molar-refractivity contribution is 0.0914. The minimum absolute atomic E-state index is 0.00234. The Hall–Kier alpha value is -3.87. The highest BCUT2D eigenvalue weighted by Gasteiger charge is 2.16. The molecule has 160 valence electrons. The van der Waals surface area contributed by atoms with E-state index < -0.39 is 0 Å². The molecule has 3 rings (SSSR count). The lowest BCUT2D eigenvalue weighted by Crippen LogP contribution is -2.08. The number of carbonyl (C=O) groups excluding carboxylic acids is 2. The lowest BCUT2D eigenvalue weighted by atomic mass is 10.0. The molecule has 0 aliphatic rings. The van der Waals surface area contributed by atoms with Gasteiger partial charge >= 0.3 is 0 Å². The molecule has 7 nitrogen and oxygen atoms in total. The van der Waals surface area contributed by atoms with Gasteiger partial charge in [-0.2, -0.15) is 0 Å². The van der Waals surface area contributed by atoms with Crippen LogP contribution < -0.4 is 14.2 Å². The zero-order chi connectivity index (χ0) is 22.4. The molecule has 31 heavy (non-hydrogen) atoms. The summed E-state index contributed by atoms with van der Waals surface area (Å²) in [6.07, 6.45) is 0.0319. The highest BCUT2D eigenvalue weighted by molar-refractivity contribution is 6.02. The molecule has 1 N–H and O–H groups in total. The van der Waals surface area contributed by atoms with Crippen LogP contribution in [0, 0.1) is 0 Å². The number of phenolic OH excluding ortho intramolecular Hbond substituents is 1. The van der Waals surface area contributed by atoms with Crippen LogP contribution in [0.15, 0.2) is 54.6 Å². The third-order valence-electron chi connectivity index (χ3n) is 4.77. The average molecular weight is 421 g/mol. The van der Waals surface area contributed by atoms with Gasteiger partial charge in [-0.05, 0) is 42.5 Å². The molecule has 0 radical (unpaired) electrons. The molecule has 7 heteroatoms. The quantitative estimate of drug-likeness (QED) is 0.514. The zero-order valence-electron chi connectivity index (χ0n) is 17.5. The van der Waals surface area contributed by atoms with Crippen molar-refractivity contribution in [1.82, 2.24) is 4.98 Å². The van der Waals surface area contributed by atoms with Crippen LogP contribution >= 0.6 is 0 Å². The minimum atomic E-state index is -0.271. The number of ether oxygens (including phenoxy) is 3. The molecule has 1 aromatic heterocycles. The summed E-state index contributed by atoms with van der Waals surface area (Å²) in [5.74, 6) is 1.14. The van der Waals surface area contributed by atoms with Gasteiger partial charge in [-0.25, -0.2) is 4.98 Å². The Morgan fingerprint density at radius 1 is 0.806 bits per heavy atom. The van der Waals surface area contributed by atoms with Crippen LogP contribution in [0.25, 0.3) is 11.3 Å². The van der Waals surface area contributed by atoms with Crippen molar-refractivity contribution in [3.63, 3.8) is 0 Å². The van der Waals surface area contributed by atoms with Crippen molar-refractivity contribution in [3.8, 4) is 34.3 Å². The first-order chi connectivity index (χ1) is 14.9. The predicted octanol–water partition coefficient (Wildman–Crippen LogP) is 4.33. The van der Waals surface area contributed by atoms with Crippen LogP contribution in [-0.4, -0.2) is 43.0 Å². The fourth-order valence-electron chi connectivity index (χ4n) is 3.06. The fourth-order valence-corrected chi connectivity index (χ4v) is 3.06. The molecule has 0 aliphatic carbocycles. The summed E-state index contributed by atoms with van der Waals surface area (Å²) in [5.41, 5.74) is 1.91. The molecule has 0 aliphatic heterocycles. The molecule has 0 amide bonds. The number of carbonyl (C=O) groups is 2. The van der Waals surface area contributed by atoms with Crippen molar-refractivity contribution in [2.24, 2.45) is 0 Å². The number of nitrogens with zero attached hydrogens (tertiary/aromatic N) is 1. The topological polar surface area (TPSA) is 95.0 Å². The first-order valence-corrected chi connectivity index (χ1v) is 9.59. The largest absolute Gasteiger partial charge is 0.508 e. The van der Waals surface area contributed by atoms with E-state index in [4.69, 9.17) is 14.2 Å². The van der Waals surface area contributed by atoms with Gasteiger partial charge in [-0.1, -0.05) is 0 Å². The van der Waals surface area contributed by atoms with Crippen LogP contribution in [0.5, 0.6) is 23.0 Å². The van der Waals surface area contributed by atoms with Gasteiger partial charge < -0.3 is 19.3 Å². The van der Waals surface area contributed by atoms with E-state index in [1.807, 2.05) is 0 Å². The third-order valence-corrected chi connectivity index (χ3v) is 4.77. The number of methoxy groups -OCH3 is 3. The number of phenols is 1. The number of hydrogen-bond acceptors (Lipinski definition) is 7. The van der Waals surface area contributed by atoms with Crippen molar-refractivity contribution in [2.45, 2.75) is 12.8 Å². The second kappa shape index (κ2) is 9.75. The van der Waals surface area contributed by atoms with E-state index in [1.165, 1.54) is 21.3 Å². The number of hydrogen-bond donors (Lipinski definition) is 1. The van der Waals surface area contributed by atoms with Gasteiger partial charge in [-0.3, -0.25) is 9.59 Å². The maximum absolute atomic E-state index is 12.8. The van der Waals surface area contributed by atoms with Crippen LogP contribution in [0.3, 0.4) is 0 Å². The standard InChI is InChI=1S/C24H23NO6/c1-29-18-13-19(15-4-7-17(26)8-5-15)25-20(14-18)22(28)10-9-21(27)16-6-11-23(30-2)24(12-16)31-3/h4-8,11-14,26H,9-10H2,1-3H3. The minimum Gasteiger partial charge on any atom is -0.508 e. The molecule has 2 aromatic carbocycles. The number of pyridine rings is 1. The highest BCUT2D eigenvalue weighted by Crippen LogP contribution is 2.29. The second-order valence-electron chi connectivity index (χ2n) is 6.74. The molecule has 0 saturated carbocycles. The summed E-state index contributed by atoms with van der Waals surface area (Å²) in [4.78, 5) is 29.8. The Labute approximate surface area is 180 Å². The van der Waals surface area contributed by atoms with Crippen LogP contribution in [0.2, 0.25) is 0 Å². The first kappa shape index (κ1) is 21.8. The first-order valence-electron chi connectivity index (χ1n) is 9.59. The van der Waals surface area contributed by atoms with Crippen molar-refractivity contribution < 1.29 is 28.9 Å². The molecule has 0 bridgehead atoms. The van der Waals surface area contributed by atoms with Crippen LogP contribution in [-0.2, 0) is 0 Å². The van der Waals surface area contributed by atoms with Gasteiger partial charge in [0, 0.05) is 36.1 Å². The summed E-state index contributed by atoms with van der Waals surface area (Å²) in [6.45, 7) is 0. The molecule has 1 heterocycles. The van der Waals surface area contributed by atoms with Gasteiger partial charge in [0.2, 0.25) is 0 Å². The number of rotatable bonds is 9. The van der Waals surface area contributed by atoms with Crippen molar-refractivity contribution in [1.29, 1.82) is 0 Å². The van der Waals surface area contributed by atoms with E-state index in [9.17, 15) is 14.7 Å². The highest BCUT2D eigenvalue weighted by atomic mass is 16.5. The molecule has 0 saturated heterocycles. The maximum atomic E-state index is 12.8. The lowest BCUT2D eigenvalue weighted by Gasteiger charge is -2.10. The zero-order valence-corrected chi connectivity index (χ0v) is 17.5. The Kier molecular flexibility index (Phi) is 6.87. The predicted molar refractivity (Wildman–Crippen MR) is 115 cm³/mol. The fraction of sp³-hybridized carbons (Fsp3) is 0.208. The van der Waals surface area contributed by atoms with Crippen LogP contribution in [0.4, 0.5) is 0 Å².